The van der Waals surface area contributed by atoms with E-state index in [4.69, 9.17) is 33.2 Å². The molecule has 15 atom stereocenters. The monoisotopic (exact) mass is 963 g/mol. The van der Waals surface area contributed by atoms with Gasteiger partial charge in [-0.25, -0.2) is 9.59 Å². The van der Waals surface area contributed by atoms with Crippen molar-refractivity contribution >= 4 is 35.6 Å². The number of carbonyl (C=O) groups is 6. The molecule has 7 rings (SSSR count). The number of Topliss-reactive ketones (excluding diaryl/α,β-unsaturated/α-hetero) is 1. The van der Waals surface area contributed by atoms with Crippen LogP contribution in [0.4, 0.5) is 0 Å². The highest BCUT2D eigenvalue weighted by Crippen LogP contribution is 2.65. The van der Waals surface area contributed by atoms with E-state index in [1.165, 1.54) is 39.8 Å². The molecule has 2 saturated carbocycles. The maximum atomic E-state index is 16.2. The second-order valence-electron chi connectivity index (χ2n) is 19.3. The highest BCUT2D eigenvalue weighted by molar-refractivity contribution is 5.96. The number of carbonyl (C=O) groups excluding carboxylic acids is 6. The summed E-state index contributed by atoms with van der Waals surface area (Å²) in [5.74, 6) is -7.25. The Balaban J connectivity index is 1.44. The number of hydrogen-bond donors (Lipinski definition) is 6. The van der Waals surface area contributed by atoms with Crippen LogP contribution in [0, 0.1) is 16.7 Å². The molecule has 2 heterocycles. The van der Waals surface area contributed by atoms with Crippen molar-refractivity contribution in [3.63, 3.8) is 0 Å². The average Bonchev–Trinajstić information content (AvgIpc) is 3.30. The van der Waals surface area contributed by atoms with Gasteiger partial charge in [0.2, 0.25) is 5.91 Å². The maximum Gasteiger partial charge on any atom is 0.338 e. The Bertz CT molecular complexity index is 2390. The number of allylic oxidation sites excluding steroid dienone is 1. The van der Waals surface area contributed by atoms with E-state index in [0.717, 1.165) is 13.8 Å². The average molecular weight is 964 g/mol. The predicted octanol–water partition coefficient (Wildman–Crippen LogP) is 1.85. The second kappa shape index (κ2) is 19.4. The van der Waals surface area contributed by atoms with Crippen LogP contribution < -0.4 is 5.32 Å². The molecule has 4 fully saturated rings. The minimum Gasteiger partial charge on any atom is -0.456 e. The van der Waals surface area contributed by atoms with Crippen LogP contribution in [0.15, 0.2) is 83.5 Å². The first-order valence-electron chi connectivity index (χ1n) is 22.8. The Morgan fingerprint density at radius 1 is 0.870 bits per heavy atom. The summed E-state index contributed by atoms with van der Waals surface area (Å²) in [6.07, 6.45) is -16.3. The van der Waals surface area contributed by atoms with Crippen LogP contribution in [0.2, 0.25) is 0 Å². The summed E-state index contributed by atoms with van der Waals surface area (Å²) in [4.78, 5) is 85.0. The van der Waals surface area contributed by atoms with Gasteiger partial charge in [-0.3, -0.25) is 19.2 Å². The van der Waals surface area contributed by atoms with Gasteiger partial charge in [0.25, 0.3) is 0 Å². The Kier molecular flexibility index (Phi) is 14.5. The second-order valence-corrected chi connectivity index (χ2v) is 19.3. The van der Waals surface area contributed by atoms with Gasteiger partial charge >= 0.3 is 23.9 Å². The van der Waals surface area contributed by atoms with E-state index in [1.807, 2.05) is 0 Å². The van der Waals surface area contributed by atoms with E-state index in [2.05, 4.69) is 5.32 Å². The third-order valence-electron chi connectivity index (χ3n) is 15.0. The summed E-state index contributed by atoms with van der Waals surface area (Å²) in [6, 6.07) is 14.5. The van der Waals surface area contributed by atoms with Crippen molar-refractivity contribution in [2.24, 2.45) is 16.7 Å². The Morgan fingerprint density at radius 2 is 1.51 bits per heavy atom. The van der Waals surface area contributed by atoms with Crippen molar-refractivity contribution in [3.05, 3.63) is 94.6 Å². The standard InChI is InChI=1S/C50H61NO18/c1-9-24(2)43(59)51-35(28-16-12-10-13-17-28)37(56)45(61)66-31-21-50(62)42(68-44(60)29-18-14-11-15-19-29)40-48(8,41(58)39(65-26(4)52)34(25(31)3)47(50,6)7)32(20-33-49(40,23-64-33)69-27(5)53)67-46-38(57)36(55)30(54)22-63-46/h9-19,30-33,35-40,42,46,54-57,62H,20-23H2,1-8H3,(H,51,59)/b24-9+/t30-,31+,32+,33-,35?,36+,37?,38-,39-,40?,42?,46-,48-,49+,50-/m1/s1. The number of benzene rings is 2. The van der Waals surface area contributed by atoms with E-state index in [0.29, 0.717) is 5.56 Å². The van der Waals surface area contributed by atoms with Crippen LogP contribution in [-0.4, -0.2) is 147 Å². The molecule has 3 aliphatic carbocycles. The number of hydrogen-bond acceptors (Lipinski definition) is 18. The molecule has 1 amide bonds. The minimum absolute atomic E-state index is 0.0145. The van der Waals surface area contributed by atoms with Gasteiger partial charge in [0.1, 0.15) is 42.2 Å². The summed E-state index contributed by atoms with van der Waals surface area (Å²) < 4.78 is 43.0. The van der Waals surface area contributed by atoms with Gasteiger partial charge in [-0.15, -0.1) is 0 Å². The number of esters is 4. The Hall–Kier alpha value is -5.38. The molecule has 6 N–H and O–H groups in total. The zero-order valence-corrected chi connectivity index (χ0v) is 39.7. The first kappa shape index (κ1) is 51.5. The molecular weight excluding hydrogens is 903 g/mol. The first-order chi connectivity index (χ1) is 32.4. The number of nitrogens with one attached hydrogen (secondary N) is 1. The number of ether oxygens (including phenoxy) is 7. The fourth-order valence-corrected chi connectivity index (χ4v) is 11.0. The molecule has 2 saturated heterocycles. The zero-order valence-electron chi connectivity index (χ0n) is 39.7. The third kappa shape index (κ3) is 8.92. The molecule has 5 aliphatic rings. The largest absolute Gasteiger partial charge is 0.456 e. The molecular formula is C50H61NO18. The van der Waals surface area contributed by atoms with Crippen LogP contribution in [0.25, 0.3) is 0 Å². The predicted molar refractivity (Wildman–Crippen MR) is 238 cm³/mol. The first-order valence-corrected chi connectivity index (χ1v) is 22.8. The summed E-state index contributed by atoms with van der Waals surface area (Å²) >= 11 is 0. The van der Waals surface area contributed by atoms with Gasteiger partial charge in [-0.1, -0.05) is 68.5 Å². The lowest BCUT2D eigenvalue weighted by Crippen LogP contribution is -2.82. The van der Waals surface area contributed by atoms with E-state index < -0.39 is 150 Å². The lowest BCUT2D eigenvalue weighted by Gasteiger charge is -2.68. The number of amides is 1. The number of fused-ring (bicyclic) bond motifs is 5. The molecule has 0 radical (unpaired) electrons. The molecule has 69 heavy (non-hydrogen) atoms. The van der Waals surface area contributed by atoms with E-state index in [-0.39, 0.29) is 28.7 Å². The molecule has 2 aromatic carbocycles. The molecule has 2 aliphatic heterocycles. The van der Waals surface area contributed by atoms with Gasteiger partial charge in [0.05, 0.1) is 42.3 Å². The SMILES string of the molecule is C/C=C(\C)C(=O)NC(c1ccccc1)C(O)C(=O)O[C@H]1C[C@@]2(O)C(OC(=O)c3ccccc3)C3[C@](C)(C(=O)[C@H](OC(C)=O)C(=C1C)C2(C)C)[C@@H](O[C@H]1OC[C@@H](O)[C@H](O)[C@H]1O)C[C@H]1OC[C@@]31OC(C)=O. The maximum absolute atomic E-state index is 16.2. The molecule has 374 valence electrons. The van der Waals surface area contributed by atoms with Gasteiger partial charge in [-0.2, -0.15) is 0 Å². The van der Waals surface area contributed by atoms with Crippen molar-refractivity contribution < 1.29 is 87.5 Å². The van der Waals surface area contributed by atoms with E-state index in [1.54, 1.807) is 68.5 Å². The van der Waals surface area contributed by atoms with Crippen LogP contribution >= 0.6 is 0 Å². The molecule has 0 spiro atoms. The van der Waals surface area contributed by atoms with Gasteiger partial charge in [0, 0.05) is 37.7 Å². The summed E-state index contributed by atoms with van der Waals surface area (Å²) in [7, 11) is 0. The Morgan fingerprint density at radius 3 is 2.09 bits per heavy atom. The fourth-order valence-electron chi connectivity index (χ4n) is 11.0. The van der Waals surface area contributed by atoms with Gasteiger partial charge < -0.3 is 64.0 Å². The highest BCUT2D eigenvalue weighted by Gasteiger charge is 2.79. The number of ketones is 1. The van der Waals surface area contributed by atoms with Crippen molar-refractivity contribution in [1.82, 2.24) is 5.32 Å². The van der Waals surface area contributed by atoms with Crippen LogP contribution in [0.3, 0.4) is 0 Å². The van der Waals surface area contributed by atoms with Gasteiger partial charge in [-0.05, 0) is 56.5 Å². The van der Waals surface area contributed by atoms with Crippen LogP contribution in [-0.2, 0) is 57.1 Å². The topological polar surface area (TPSA) is 280 Å². The third-order valence-corrected chi connectivity index (χ3v) is 15.0. The van der Waals surface area contributed by atoms with E-state index >= 15 is 4.79 Å². The summed E-state index contributed by atoms with van der Waals surface area (Å²) in [5, 5.41) is 60.6. The van der Waals surface area contributed by atoms with Crippen LogP contribution in [0.5, 0.6) is 0 Å². The molecule has 2 aromatic rings. The van der Waals surface area contributed by atoms with Crippen molar-refractivity contribution in [1.29, 1.82) is 0 Å². The Labute approximate surface area is 398 Å². The fraction of sp³-hybridized carbons (Fsp3) is 0.560. The lowest BCUT2D eigenvalue weighted by molar-refractivity contribution is -0.366. The molecule has 19 heteroatoms. The molecule has 4 unspecified atom stereocenters. The zero-order chi connectivity index (χ0) is 50.5. The molecule has 0 aromatic heterocycles. The molecule has 19 nitrogen and oxygen atoms in total. The lowest BCUT2D eigenvalue weighted by atomic mass is 9.44. The van der Waals surface area contributed by atoms with Crippen molar-refractivity contribution in [2.45, 2.75) is 147 Å². The highest BCUT2D eigenvalue weighted by atomic mass is 16.7. The number of aliphatic hydroxyl groups is 5. The van der Waals surface area contributed by atoms with Crippen LogP contribution in [0.1, 0.15) is 90.2 Å². The summed E-state index contributed by atoms with van der Waals surface area (Å²) in [6.45, 7) is 10.4. The van der Waals surface area contributed by atoms with E-state index in [9.17, 15) is 49.5 Å². The minimum atomic E-state index is -2.50. The summed E-state index contributed by atoms with van der Waals surface area (Å²) in [5.41, 5.74) is -7.65. The van der Waals surface area contributed by atoms with Gasteiger partial charge in [0.15, 0.2) is 29.9 Å². The number of aliphatic hydroxyl groups excluding tert-OH is 4. The quantitative estimate of drug-likeness (QED) is 0.0766. The number of rotatable bonds is 12. The van der Waals surface area contributed by atoms with Crippen molar-refractivity contribution in [3.8, 4) is 0 Å². The smallest absolute Gasteiger partial charge is 0.338 e. The normalized spacial score (nSPS) is 35.8. The molecule has 2 bridgehead atoms. The van der Waals surface area contributed by atoms with Crippen molar-refractivity contribution in [2.75, 3.05) is 13.2 Å².